The molecule has 5 rings (SSSR count). The van der Waals surface area contributed by atoms with Crippen molar-refractivity contribution in [3.8, 4) is 0 Å². The molecule has 0 aromatic carbocycles. The quantitative estimate of drug-likeness (QED) is 0.0202. The van der Waals surface area contributed by atoms with Crippen LogP contribution in [0, 0.1) is 5.92 Å². The minimum Gasteiger partial charge on any atom is -0.396 e. The fraction of sp³-hybridized carbons (Fsp3) is 0.855. The number of ether oxygens (including phenoxy) is 7. The molecule has 4 saturated heterocycles. The number of imide groups is 1. The SMILES string of the molecule is C[C@@H]1O[C@@H](OCCNC(=O)CCCCCNC(=O)CN(CC(=O)NCCCCCC(=O)ON2C(=O)CCC2=O)CC(=O)NCCCC(=O)NCCO[C@H]2O[C@H](CO[C@H]3C[C@H](CO)[C@@H](O)[C@H](O)[C@@H]3O)[C@@H](O)[C@H](O[C@H]3O[C@H](CO)[C@@H](O)[C@H](O)[C@@H]3O)[C@@H]2O)[C@@H](O)[C@H](O)[C@@H]1O. The number of nitrogens with one attached hydrogen (secondary N) is 5. The zero-order valence-corrected chi connectivity index (χ0v) is 50.7. The number of aliphatic hydroxyl groups is 13. The molecule has 0 aromatic heterocycles. The van der Waals surface area contributed by atoms with Gasteiger partial charge < -0.3 is 131 Å². The zero-order chi connectivity index (χ0) is 66.9. The van der Waals surface area contributed by atoms with Gasteiger partial charge in [-0.15, -0.1) is 5.06 Å². The van der Waals surface area contributed by atoms with Crippen LogP contribution in [0.25, 0.3) is 0 Å². The molecular formula is C55H93N7O29. The van der Waals surface area contributed by atoms with Gasteiger partial charge in [0.25, 0.3) is 11.8 Å². The second-order valence-electron chi connectivity index (χ2n) is 22.9. The predicted octanol–water partition coefficient (Wildman–Crippen LogP) is -9.65. The number of aliphatic hydroxyl groups excluding tert-OH is 13. The summed E-state index contributed by atoms with van der Waals surface area (Å²) in [5.74, 6) is -5.27. The molecule has 1 saturated carbocycles. The van der Waals surface area contributed by atoms with Crippen molar-refractivity contribution in [3.63, 3.8) is 0 Å². The van der Waals surface area contributed by atoms with Crippen LogP contribution in [-0.2, 0) is 76.4 Å². The van der Waals surface area contributed by atoms with Crippen LogP contribution in [0.4, 0.5) is 0 Å². The fourth-order valence-corrected chi connectivity index (χ4v) is 10.4. The van der Waals surface area contributed by atoms with Crippen LogP contribution in [0.3, 0.4) is 0 Å². The van der Waals surface area contributed by atoms with Crippen LogP contribution >= 0.6 is 0 Å². The summed E-state index contributed by atoms with van der Waals surface area (Å²) in [6, 6.07) is 0. The van der Waals surface area contributed by atoms with Crippen molar-refractivity contribution in [2.75, 3.05) is 85.4 Å². The molecule has 36 heteroatoms. The summed E-state index contributed by atoms with van der Waals surface area (Å²) in [6.07, 6.45) is -27.1. The monoisotopic (exact) mass is 1320 g/mol. The lowest BCUT2D eigenvalue weighted by Gasteiger charge is -2.46. The molecule has 0 aromatic rings. The van der Waals surface area contributed by atoms with Gasteiger partial charge in [-0.3, -0.25) is 38.5 Å². The number of carbonyl (C=O) groups is 8. The molecule has 0 spiro atoms. The predicted molar refractivity (Wildman–Crippen MR) is 301 cm³/mol. The van der Waals surface area contributed by atoms with Gasteiger partial charge in [-0.2, -0.15) is 0 Å². The highest BCUT2D eigenvalue weighted by Crippen LogP contribution is 2.32. The van der Waals surface area contributed by atoms with Crippen LogP contribution < -0.4 is 26.6 Å². The summed E-state index contributed by atoms with van der Waals surface area (Å²) in [4.78, 5) is 106. The molecule has 7 amide bonds. The smallest absolute Gasteiger partial charge is 0.333 e. The number of unbranched alkanes of at least 4 members (excludes halogenated alkanes) is 4. The molecule has 4 heterocycles. The topological polar surface area (TPSA) is 540 Å². The van der Waals surface area contributed by atoms with Crippen LogP contribution in [0.1, 0.15) is 90.4 Å². The summed E-state index contributed by atoms with van der Waals surface area (Å²) in [5, 5.41) is 148. The van der Waals surface area contributed by atoms with Crippen LogP contribution in [0.2, 0.25) is 0 Å². The normalized spacial score (nSPS) is 32.7. The van der Waals surface area contributed by atoms with Crippen molar-refractivity contribution >= 4 is 47.3 Å². The van der Waals surface area contributed by atoms with Crippen molar-refractivity contribution in [3.05, 3.63) is 0 Å². The molecule has 522 valence electrons. The summed E-state index contributed by atoms with van der Waals surface area (Å²) >= 11 is 0. The third kappa shape index (κ3) is 24.1. The van der Waals surface area contributed by atoms with E-state index in [0.717, 1.165) is 0 Å². The maximum absolute atomic E-state index is 13.2. The van der Waals surface area contributed by atoms with Gasteiger partial charge in [-0.05, 0) is 45.4 Å². The van der Waals surface area contributed by atoms with E-state index < -0.39 is 190 Å². The average molecular weight is 1320 g/mol. The number of rotatable bonds is 38. The highest BCUT2D eigenvalue weighted by Gasteiger charge is 2.52. The van der Waals surface area contributed by atoms with E-state index in [1.165, 1.54) is 11.8 Å². The lowest BCUT2D eigenvalue weighted by atomic mass is 9.81. The first-order chi connectivity index (χ1) is 43.3. The van der Waals surface area contributed by atoms with Crippen molar-refractivity contribution in [2.24, 2.45) is 5.92 Å². The average Bonchev–Trinajstić information content (AvgIpc) is 1.57. The molecule has 0 bridgehead atoms. The summed E-state index contributed by atoms with van der Waals surface area (Å²) in [7, 11) is 0. The third-order valence-corrected chi connectivity index (χ3v) is 15.8. The zero-order valence-electron chi connectivity index (χ0n) is 50.7. The van der Waals surface area contributed by atoms with E-state index in [1.807, 2.05) is 0 Å². The van der Waals surface area contributed by atoms with Crippen molar-refractivity contribution < 1.29 is 143 Å². The number of hydrogen-bond donors (Lipinski definition) is 18. The van der Waals surface area contributed by atoms with E-state index >= 15 is 0 Å². The van der Waals surface area contributed by atoms with E-state index in [4.69, 9.17) is 38.0 Å². The molecule has 5 fully saturated rings. The van der Waals surface area contributed by atoms with Crippen molar-refractivity contribution in [1.29, 1.82) is 0 Å². The molecule has 4 aliphatic heterocycles. The lowest BCUT2D eigenvalue weighted by Crippen LogP contribution is -2.65. The molecule has 18 N–H and O–H groups in total. The van der Waals surface area contributed by atoms with Gasteiger partial charge in [0.05, 0.1) is 64.4 Å². The Morgan fingerprint density at radius 1 is 0.484 bits per heavy atom. The van der Waals surface area contributed by atoms with Crippen LogP contribution in [0.5, 0.6) is 0 Å². The maximum Gasteiger partial charge on any atom is 0.333 e. The Kier molecular flexibility index (Phi) is 33.0. The van der Waals surface area contributed by atoms with Gasteiger partial charge in [0.15, 0.2) is 18.9 Å². The molecule has 0 radical (unpaired) electrons. The number of hydroxylamine groups is 2. The fourth-order valence-electron chi connectivity index (χ4n) is 10.4. The summed E-state index contributed by atoms with van der Waals surface area (Å²) < 4.78 is 39.2. The Morgan fingerprint density at radius 3 is 1.53 bits per heavy atom. The molecule has 20 atom stereocenters. The standard InChI is InChI=1S/C55H93N7O29/c1-28-41(73)46(78)49(81)53(87-28)84-19-17-59-33(65)9-4-2-6-14-56-35(67)22-61(23-36(68)57-15-7-3-5-11-40(72)91-62-38(70)12-13-39(62)71)24-37(69)58-16-8-10-34(66)60-18-20-85-54-51(83)52(90-55-50(82)48(80)44(76)31(26-64)88-55)45(77)32(89-54)27-86-30-21-29(25-63)42(74)47(79)43(30)75/h28-32,41-55,63-64,73-83H,2-27H2,1H3,(H,56,67)(H,57,68)(H,58,69)(H,59,65)(H,60,66)/t28-,29+,30-,31+,32+,41+,42+,43+,44+,45+,46+,47-,48-,49-,50-,51-,52-,53+,54-,55+/m0/s1. The highest BCUT2D eigenvalue weighted by atomic mass is 16.7. The van der Waals surface area contributed by atoms with Gasteiger partial charge in [0, 0.05) is 77.4 Å². The number of carbonyl (C=O) groups excluding carboxylic acids is 8. The molecule has 5 aliphatic rings. The third-order valence-electron chi connectivity index (χ3n) is 15.8. The maximum atomic E-state index is 13.2. The Balaban J connectivity index is 1.04. The first-order valence-electron chi connectivity index (χ1n) is 30.6. The summed E-state index contributed by atoms with van der Waals surface area (Å²) in [6.45, 7) is -1.76. The molecule has 36 nitrogen and oxygen atoms in total. The Morgan fingerprint density at radius 2 is 0.967 bits per heavy atom. The second kappa shape index (κ2) is 39.1. The summed E-state index contributed by atoms with van der Waals surface area (Å²) in [5.41, 5.74) is 0. The first kappa shape index (κ1) is 76.8. The highest BCUT2D eigenvalue weighted by molar-refractivity contribution is 6.01. The molecule has 91 heavy (non-hydrogen) atoms. The van der Waals surface area contributed by atoms with E-state index in [9.17, 15) is 105 Å². The second-order valence-corrected chi connectivity index (χ2v) is 22.9. The Bertz CT molecular complexity index is 2280. The number of amides is 7. The van der Waals surface area contributed by atoms with E-state index in [0.29, 0.717) is 43.6 Å². The number of hydrogen-bond acceptors (Lipinski definition) is 30. The van der Waals surface area contributed by atoms with Gasteiger partial charge in [-0.1, -0.05) is 12.8 Å². The van der Waals surface area contributed by atoms with Gasteiger partial charge >= 0.3 is 5.97 Å². The van der Waals surface area contributed by atoms with Crippen LogP contribution in [0.15, 0.2) is 0 Å². The molecule has 0 unspecified atom stereocenters. The van der Waals surface area contributed by atoms with Gasteiger partial charge in [-0.25, -0.2) is 4.79 Å². The minimum absolute atomic E-state index is 0.0174. The van der Waals surface area contributed by atoms with Gasteiger partial charge in [0.1, 0.15) is 79.4 Å². The first-order valence-corrected chi connectivity index (χ1v) is 30.6. The van der Waals surface area contributed by atoms with Crippen molar-refractivity contribution in [1.82, 2.24) is 36.5 Å². The van der Waals surface area contributed by atoms with E-state index in [-0.39, 0.29) is 110 Å². The Hall–Kier alpha value is -4.88. The van der Waals surface area contributed by atoms with Crippen molar-refractivity contribution in [2.45, 2.75) is 207 Å². The molecule has 1 aliphatic carbocycles. The van der Waals surface area contributed by atoms with E-state index in [1.54, 1.807) is 0 Å². The number of nitrogens with zero attached hydrogens (tertiary/aromatic N) is 2. The molecular weight excluding hydrogens is 1220 g/mol. The lowest BCUT2D eigenvalue weighted by molar-refractivity contribution is -0.361. The minimum atomic E-state index is -1.95. The van der Waals surface area contributed by atoms with E-state index in [2.05, 4.69) is 26.6 Å². The largest absolute Gasteiger partial charge is 0.396 e. The van der Waals surface area contributed by atoms with Crippen LogP contribution in [-0.4, -0.2) is 326 Å². The van der Waals surface area contributed by atoms with Gasteiger partial charge in [0.2, 0.25) is 29.5 Å². The Labute approximate surface area is 523 Å².